The summed E-state index contributed by atoms with van der Waals surface area (Å²) in [5, 5.41) is 18.0. The predicted molar refractivity (Wildman–Crippen MR) is 56.6 cm³/mol. The fraction of sp³-hybridized carbons (Fsp3) is 0.818. The van der Waals surface area contributed by atoms with E-state index in [9.17, 15) is 9.59 Å². The van der Waals surface area contributed by atoms with Gasteiger partial charge in [0.2, 0.25) is 0 Å². The molecule has 0 aromatic rings. The van der Waals surface area contributed by atoms with Crippen LogP contribution in [0.25, 0.3) is 0 Å². The first kappa shape index (κ1) is 13.9. The van der Waals surface area contributed by atoms with Gasteiger partial charge in [-0.3, -0.25) is 9.59 Å². The van der Waals surface area contributed by atoms with Gasteiger partial charge in [-0.05, 0) is 18.8 Å². The highest BCUT2D eigenvalue weighted by Gasteiger charge is 2.33. The molecule has 2 atom stereocenters. The molecule has 0 rings (SSSR count). The molecule has 0 amide bonds. The van der Waals surface area contributed by atoms with E-state index in [0.29, 0.717) is 19.3 Å². The zero-order valence-electron chi connectivity index (χ0n) is 9.56. The predicted octanol–water partition coefficient (Wildman–Crippen LogP) is 2.23. The molecule has 0 aromatic heterocycles. The van der Waals surface area contributed by atoms with Crippen molar-refractivity contribution in [1.29, 1.82) is 0 Å². The Hall–Kier alpha value is -1.06. The molecule has 0 fully saturated rings. The highest BCUT2D eigenvalue weighted by molar-refractivity contribution is 5.79. The molecule has 0 aliphatic rings. The molecule has 4 heteroatoms. The van der Waals surface area contributed by atoms with Crippen molar-refractivity contribution in [2.45, 2.75) is 40.0 Å². The monoisotopic (exact) mass is 216 g/mol. The van der Waals surface area contributed by atoms with E-state index in [1.54, 1.807) is 0 Å². The SMILES string of the molecule is CCC[C@H](C(=O)O)C(CC(C)C)C(=O)O. The second-order valence-electron chi connectivity index (χ2n) is 4.31. The van der Waals surface area contributed by atoms with Gasteiger partial charge in [-0.1, -0.05) is 27.2 Å². The van der Waals surface area contributed by atoms with Crippen LogP contribution in [0.2, 0.25) is 0 Å². The van der Waals surface area contributed by atoms with Gasteiger partial charge in [0.05, 0.1) is 11.8 Å². The van der Waals surface area contributed by atoms with Crippen molar-refractivity contribution in [2.75, 3.05) is 0 Å². The lowest BCUT2D eigenvalue weighted by Gasteiger charge is -2.21. The number of hydrogen-bond donors (Lipinski definition) is 2. The van der Waals surface area contributed by atoms with Crippen LogP contribution in [0.3, 0.4) is 0 Å². The molecular formula is C11H20O4. The normalized spacial score (nSPS) is 14.9. The van der Waals surface area contributed by atoms with Gasteiger partial charge in [0, 0.05) is 0 Å². The van der Waals surface area contributed by atoms with Gasteiger partial charge in [0.15, 0.2) is 0 Å². The summed E-state index contributed by atoms with van der Waals surface area (Å²) < 4.78 is 0. The van der Waals surface area contributed by atoms with E-state index in [2.05, 4.69) is 0 Å². The van der Waals surface area contributed by atoms with Crippen LogP contribution in [0.1, 0.15) is 40.0 Å². The molecule has 15 heavy (non-hydrogen) atoms. The van der Waals surface area contributed by atoms with Crippen molar-refractivity contribution in [2.24, 2.45) is 17.8 Å². The Morgan fingerprint density at radius 1 is 1.07 bits per heavy atom. The second kappa shape index (κ2) is 6.43. The molecule has 0 saturated carbocycles. The van der Waals surface area contributed by atoms with Gasteiger partial charge in [0.1, 0.15) is 0 Å². The zero-order valence-corrected chi connectivity index (χ0v) is 9.56. The standard InChI is InChI=1S/C11H20O4/c1-4-5-8(10(12)13)9(11(14)15)6-7(2)3/h7-9H,4-6H2,1-3H3,(H,12,13)(H,14,15)/t8-,9?/m0/s1. The fourth-order valence-corrected chi connectivity index (χ4v) is 1.75. The molecule has 2 N–H and O–H groups in total. The summed E-state index contributed by atoms with van der Waals surface area (Å²) >= 11 is 0. The first-order valence-electron chi connectivity index (χ1n) is 5.35. The summed E-state index contributed by atoms with van der Waals surface area (Å²) in [4.78, 5) is 21.9. The Kier molecular flexibility index (Phi) is 5.97. The number of aliphatic carboxylic acids is 2. The molecule has 0 aliphatic heterocycles. The maximum atomic E-state index is 11.0. The van der Waals surface area contributed by atoms with Crippen molar-refractivity contribution in [3.05, 3.63) is 0 Å². The summed E-state index contributed by atoms with van der Waals surface area (Å²) in [5.41, 5.74) is 0. The summed E-state index contributed by atoms with van der Waals surface area (Å²) in [6.07, 6.45) is 1.55. The lowest BCUT2D eigenvalue weighted by molar-refractivity contribution is -0.154. The Morgan fingerprint density at radius 2 is 1.53 bits per heavy atom. The van der Waals surface area contributed by atoms with Gasteiger partial charge in [-0.25, -0.2) is 0 Å². The molecule has 1 unspecified atom stereocenters. The quantitative estimate of drug-likeness (QED) is 0.684. The summed E-state index contributed by atoms with van der Waals surface area (Å²) in [7, 11) is 0. The number of carbonyl (C=O) groups is 2. The third-order valence-corrected chi connectivity index (χ3v) is 2.45. The molecule has 88 valence electrons. The first-order valence-corrected chi connectivity index (χ1v) is 5.35. The van der Waals surface area contributed by atoms with Crippen LogP contribution in [0, 0.1) is 17.8 Å². The van der Waals surface area contributed by atoms with Gasteiger partial charge < -0.3 is 10.2 Å². The Labute approximate surface area is 90.3 Å². The smallest absolute Gasteiger partial charge is 0.307 e. The number of rotatable bonds is 7. The minimum atomic E-state index is -0.996. The van der Waals surface area contributed by atoms with E-state index in [0.717, 1.165) is 0 Å². The van der Waals surface area contributed by atoms with Crippen LogP contribution in [-0.2, 0) is 9.59 Å². The van der Waals surface area contributed by atoms with Crippen molar-refractivity contribution in [3.63, 3.8) is 0 Å². The highest BCUT2D eigenvalue weighted by atomic mass is 16.4. The lowest BCUT2D eigenvalue weighted by atomic mass is 9.83. The second-order valence-corrected chi connectivity index (χ2v) is 4.31. The van der Waals surface area contributed by atoms with Crippen molar-refractivity contribution in [3.8, 4) is 0 Å². The molecule has 0 aromatic carbocycles. The van der Waals surface area contributed by atoms with E-state index in [1.165, 1.54) is 0 Å². The van der Waals surface area contributed by atoms with Gasteiger partial charge in [-0.2, -0.15) is 0 Å². The van der Waals surface area contributed by atoms with E-state index < -0.39 is 23.8 Å². The van der Waals surface area contributed by atoms with Gasteiger partial charge in [-0.15, -0.1) is 0 Å². The number of carboxylic acid groups (broad SMARTS) is 2. The topological polar surface area (TPSA) is 74.6 Å². The Balaban J connectivity index is 4.67. The molecule has 4 nitrogen and oxygen atoms in total. The van der Waals surface area contributed by atoms with Crippen LogP contribution >= 0.6 is 0 Å². The van der Waals surface area contributed by atoms with E-state index in [4.69, 9.17) is 10.2 Å². The average Bonchev–Trinajstić information content (AvgIpc) is 2.09. The summed E-state index contributed by atoms with van der Waals surface area (Å²) in [5.74, 6) is -3.31. The van der Waals surface area contributed by atoms with E-state index in [-0.39, 0.29) is 5.92 Å². The zero-order chi connectivity index (χ0) is 12.0. The van der Waals surface area contributed by atoms with Crippen molar-refractivity contribution >= 4 is 11.9 Å². The third-order valence-electron chi connectivity index (χ3n) is 2.45. The molecule has 0 bridgehead atoms. The van der Waals surface area contributed by atoms with E-state index in [1.807, 2.05) is 20.8 Å². The van der Waals surface area contributed by atoms with Crippen LogP contribution in [-0.4, -0.2) is 22.2 Å². The molecule has 0 aliphatic carbocycles. The fourth-order valence-electron chi connectivity index (χ4n) is 1.75. The first-order chi connectivity index (χ1) is 6.90. The number of hydrogen-bond acceptors (Lipinski definition) is 2. The van der Waals surface area contributed by atoms with Crippen molar-refractivity contribution < 1.29 is 19.8 Å². The molecule has 0 saturated heterocycles. The van der Waals surface area contributed by atoms with E-state index >= 15 is 0 Å². The summed E-state index contributed by atoms with van der Waals surface area (Å²) in [6.45, 7) is 5.67. The lowest BCUT2D eigenvalue weighted by Crippen LogP contribution is -2.30. The highest BCUT2D eigenvalue weighted by Crippen LogP contribution is 2.25. The summed E-state index contributed by atoms with van der Waals surface area (Å²) in [6, 6.07) is 0. The average molecular weight is 216 g/mol. The van der Waals surface area contributed by atoms with Gasteiger partial charge in [0.25, 0.3) is 0 Å². The third kappa shape index (κ3) is 4.81. The Bertz CT molecular complexity index is 223. The minimum absolute atomic E-state index is 0.199. The minimum Gasteiger partial charge on any atom is -0.481 e. The molecule has 0 heterocycles. The molecule has 0 spiro atoms. The van der Waals surface area contributed by atoms with Crippen LogP contribution in [0.5, 0.6) is 0 Å². The van der Waals surface area contributed by atoms with Crippen LogP contribution in [0.4, 0.5) is 0 Å². The maximum Gasteiger partial charge on any atom is 0.307 e. The molecule has 0 radical (unpaired) electrons. The number of carboxylic acids is 2. The van der Waals surface area contributed by atoms with Crippen molar-refractivity contribution in [1.82, 2.24) is 0 Å². The largest absolute Gasteiger partial charge is 0.481 e. The van der Waals surface area contributed by atoms with Crippen LogP contribution < -0.4 is 0 Å². The maximum absolute atomic E-state index is 11.0. The molecular weight excluding hydrogens is 196 g/mol. The Morgan fingerprint density at radius 3 is 1.80 bits per heavy atom. The van der Waals surface area contributed by atoms with Crippen LogP contribution in [0.15, 0.2) is 0 Å². The van der Waals surface area contributed by atoms with Gasteiger partial charge >= 0.3 is 11.9 Å².